The van der Waals surface area contributed by atoms with Crippen LogP contribution < -0.4 is 5.32 Å². The van der Waals surface area contributed by atoms with Crippen LogP contribution >= 0.6 is 11.8 Å². The SMILES string of the molecule is CC(C)(C)c1ccc(C(=O)COC(=O)c2ccccc2SCC(=O)Nc2ccc(F)cc2)cc1. The second-order valence-electron chi connectivity index (χ2n) is 8.67. The summed E-state index contributed by atoms with van der Waals surface area (Å²) in [5.41, 5.74) is 2.31. The molecule has 1 amide bonds. The third-order valence-electron chi connectivity index (χ3n) is 5.00. The van der Waals surface area contributed by atoms with Crippen molar-refractivity contribution in [2.75, 3.05) is 17.7 Å². The number of rotatable bonds is 8. The number of Topliss-reactive ketones (excluding diaryl/α,β-unsaturated/α-hetero) is 1. The van der Waals surface area contributed by atoms with Gasteiger partial charge < -0.3 is 10.1 Å². The Labute approximate surface area is 202 Å². The molecule has 3 aromatic carbocycles. The van der Waals surface area contributed by atoms with Crippen LogP contribution in [0.1, 0.15) is 47.1 Å². The van der Waals surface area contributed by atoms with Crippen molar-refractivity contribution in [3.8, 4) is 0 Å². The van der Waals surface area contributed by atoms with Gasteiger partial charge in [0.25, 0.3) is 0 Å². The van der Waals surface area contributed by atoms with E-state index in [1.165, 1.54) is 36.0 Å². The first-order valence-corrected chi connectivity index (χ1v) is 11.7. The topological polar surface area (TPSA) is 72.5 Å². The van der Waals surface area contributed by atoms with Gasteiger partial charge in [0.2, 0.25) is 5.91 Å². The average molecular weight is 480 g/mol. The van der Waals surface area contributed by atoms with Crippen molar-refractivity contribution in [2.24, 2.45) is 0 Å². The summed E-state index contributed by atoms with van der Waals surface area (Å²) < 4.78 is 18.3. The highest BCUT2D eigenvalue weighted by Gasteiger charge is 2.18. The van der Waals surface area contributed by atoms with Gasteiger partial charge in [-0.1, -0.05) is 57.2 Å². The molecule has 0 atom stereocenters. The molecule has 0 aliphatic rings. The Morgan fingerprint density at radius 3 is 2.21 bits per heavy atom. The van der Waals surface area contributed by atoms with Crippen LogP contribution in [0.2, 0.25) is 0 Å². The molecule has 176 valence electrons. The summed E-state index contributed by atoms with van der Waals surface area (Å²) in [7, 11) is 0. The summed E-state index contributed by atoms with van der Waals surface area (Å²) in [6.45, 7) is 5.90. The van der Waals surface area contributed by atoms with Crippen LogP contribution in [-0.2, 0) is 14.9 Å². The molecule has 0 radical (unpaired) electrons. The minimum Gasteiger partial charge on any atom is -0.454 e. The van der Waals surface area contributed by atoms with Crippen molar-refractivity contribution >= 4 is 35.1 Å². The lowest BCUT2D eigenvalue weighted by molar-refractivity contribution is -0.113. The molecule has 0 unspecified atom stereocenters. The number of thioether (sulfide) groups is 1. The van der Waals surface area contributed by atoms with E-state index in [9.17, 15) is 18.8 Å². The minimum atomic E-state index is -0.637. The number of carbonyl (C=O) groups is 3. The van der Waals surface area contributed by atoms with Crippen molar-refractivity contribution in [1.82, 2.24) is 0 Å². The number of ether oxygens (including phenoxy) is 1. The number of hydrogen-bond acceptors (Lipinski definition) is 5. The molecule has 0 saturated heterocycles. The van der Waals surface area contributed by atoms with Crippen molar-refractivity contribution < 1.29 is 23.5 Å². The standard InChI is InChI=1S/C27H26FNO4S/c1-27(2,3)19-10-8-18(9-11-19)23(30)16-33-26(32)22-6-4-5-7-24(22)34-17-25(31)29-21-14-12-20(28)13-15-21/h4-15H,16-17H2,1-3H3,(H,29,31). The lowest BCUT2D eigenvalue weighted by Crippen LogP contribution is -2.16. The molecule has 5 nitrogen and oxygen atoms in total. The lowest BCUT2D eigenvalue weighted by Gasteiger charge is -2.19. The van der Waals surface area contributed by atoms with Crippen LogP contribution in [0.4, 0.5) is 10.1 Å². The third kappa shape index (κ3) is 7.02. The van der Waals surface area contributed by atoms with Gasteiger partial charge >= 0.3 is 5.97 Å². The average Bonchev–Trinajstić information content (AvgIpc) is 2.82. The van der Waals surface area contributed by atoms with Crippen molar-refractivity contribution in [2.45, 2.75) is 31.1 Å². The highest BCUT2D eigenvalue weighted by Crippen LogP contribution is 2.24. The lowest BCUT2D eigenvalue weighted by atomic mass is 9.86. The van der Waals surface area contributed by atoms with Gasteiger partial charge in [-0.3, -0.25) is 9.59 Å². The molecule has 34 heavy (non-hydrogen) atoms. The maximum absolute atomic E-state index is 13.0. The van der Waals surface area contributed by atoms with Gasteiger partial charge in [-0.2, -0.15) is 0 Å². The molecule has 0 bridgehead atoms. The zero-order chi connectivity index (χ0) is 24.7. The van der Waals surface area contributed by atoms with Crippen molar-refractivity contribution in [1.29, 1.82) is 0 Å². The molecule has 0 fully saturated rings. The van der Waals surface area contributed by atoms with Gasteiger partial charge in [-0.15, -0.1) is 11.8 Å². The molecule has 0 aromatic heterocycles. The highest BCUT2D eigenvalue weighted by molar-refractivity contribution is 8.00. The Hall–Kier alpha value is -3.45. The van der Waals surface area contributed by atoms with E-state index in [4.69, 9.17) is 4.74 Å². The summed E-state index contributed by atoms with van der Waals surface area (Å²) in [6, 6.07) is 19.5. The van der Waals surface area contributed by atoms with E-state index >= 15 is 0 Å². The fourth-order valence-corrected chi connectivity index (χ4v) is 3.92. The summed E-state index contributed by atoms with van der Waals surface area (Å²) in [4.78, 5) is 37.9. The predicted octanol–water partition coefficient (Wildman–Crippen LogP) is 5.89. The summed E-state index contributed by atoms with van der Waals surface area (Å²) >= 11 is 1.17. The van der Waals surface area contributed by atoms with E-state index in [-0.39, 0.29) is 40.8 Å². The molecule has 3 aromatic rings. The molecule has 3 rings (SSSR count). The van der Waals surface area contributed by atoms with E-state index in [2.05, 4.69) is 26.1 Å². The Kier molecular flexibility index (Phi) is 8.23. The first-order valence-electron chi connectivity index (χ1n) is 10.7. The van der Waals surface area contributed by atoms with Crippen LogP contribution in [0.25, 0.3) is 0 Å². The van der Waals surface area contributed by atoms with E-state index in [1.807, 2.05) is 12.1 Å². The number of esters is 1. The molecule has 0 aliphatic heterocycles. The number of benzene rings is 3. The Balaban J connectivity index is 1.56. The molecule has 1 N–H and O–H groups in total. The van der Waals surface area contributed by atoms with Crippen LogP contribution in [0.3, 0.4) is 0 Å². The predicted molar refractivity (Wildman–Crippen MR) is 132 cm³/mol. The van der Waals surface area contributed by atoms with Crippen LogP contribution in [0.15, 0.2) is 77.7 Å². The highest BCUT2D eigenvalue weighted by atomic mass is 32.2. The number of carbonyl (C=O) groups excluding carboxylic acids is 3. The molecular formula is C27H26FNO4S. The van der Waals surface area contributed by atoms with Gasteiger partial charge in [-0.25, -0.2) is 9.18 Å². The molecule has 0 heterocycles. The zero-order valence-electron chi connectivity index (χ0n) is 19.3. The van der Waals surface area contributed by atoms with Gasteiger partial charge in [0.1, 0.15) is 5.82 Å². The van der Waals surface area contributed by atoms with E-state index < -0.39 is 5.97 Å². The fourth-order valence-electron chi connectivity index (χ4n) is 3.08. The maximum atomic E-state index is 13.0. The monoisotopic (exact) mass is 479 g/mol. The van der Waals surface area contributed by atoms with Gasteiger partial charge in [0.05, 0.1) is 11.3 Å². The number of hydrogen-bond donors (Lipinski definition) is 1. The Morgan fingerprint density at radius 1 is 0.912 bits per heavy atom. The van der Waals surface area contributed by atoms with Gasteiger partial charge in [0.15, 0.2) is 12.4 Å². The number of amides is 1. The largest absolute Gasteiger partial charge is 0.454 e. The van der Waals surface area contributed by atoms with Crippen LogP contribution in [0, 0.1) is 5.82 Å². The second-order valence-corrected chi connectivity index (χ2v) is 9.68. The fraction of sp³-hybridized carbons (Fsp3) is 0.222. The van der Waals surface area contributed by atoms with Crippen LogP contribution in [-0.4, -0.2) is 30.0 Å². The Morgan fingerprint density at radius 2 is 1.56 bits per heavy atom. The summed E-state index contributed by atoms with van der Waals surface area (Å²) in [5.74, 6) is -1.58. The summed E-state index contributed by atoms with van der Waals surface area (Å²) in [6.07, 6.45) is 0. The van der Waals surface area contributed by atoms with E-state index in [0.29, 0.717) is 16.1 Å². The molecular weight excluding hydrogens is 453 g/mol. The minimum absolute atomic E-state index is 0.0225. The second kappa shape index (κ2) is 11.1. The zero-order valence-corrected chi connectivity index (χ0v) is 20.1. The van der Waals surface area contributed by atoms with E-state index in [1.54, 1.807) is 36.4 Å². The summed E-state index contributed by atoms with van der Waals surface area (Å²) in [5, 5.41) is 2.67. The maximum Gasteiger partial charge on any atom is 0.339 e. The molecule has 0 spiro atoms. The number of ketones is 1. The third-order valence-corrected chi connectivity index (χ3v) is 6.07. The van der Waals surface area contributed by atoms with Crippen molar-refractivity contribution in [3.05, 3.63) is 95.3 Å². The number of nitrogens with one attached hydrogen (secondary N) is 1. The quantitative estimate of drug-likeness (QED) is 0.248. The number of halogens is 1. The molecule has 7 heteroatoms. The molecule has 0 saturated carbocycles. The normalized spacial score (nSPS) is 11.1. The molecule has 0 aliphatic carbocycles. The van der Waals surface area contributed by atoms with E-state index in [0.717, 1.165) is 5.56 Å². The number of anilines is 1. The van der Waals surface area contributed by atoms with Gasteiger partial charge in [0, 0.05) is 16.1 Å². The smallest absolute Gasteiger partial charge is 0.339 e. The van der Waals surface area contributed by atoms with Crippen molar-refractivity contribution in [3.63, 3.8) is 0 Å². The van der Waals surface area contributed by atoms with Gasteiger partial charge in [-0.05, 0) is 47.4 Å². The first-order chi connectivity index (χ1) is 16.1. The Bertz CT molecular complexity index is 1170. The first kappa shape index (κ1) is 25.2. The van der Waals surface area contributed by atoms with Crippen LogP contribution in [0.5, 0.6) is 0 Å².